The van der Waals surface area contributed by atoms with Crippen molar-refractivity contribution < 1.29 is 14.1 Å². The quantitative estimate of drug-likeness (QED) is 0.532. The van der Waals surface area contributed by atoms with Gasteiger partial charge in [-0.2, -0.15) is 0 Å². The van der Waals surface area contributed by atoms with Gasteiger partial charge >= 0.3 is 0 Å². The van der Waals surface area contributed by atoms with Crippen molar-refractivity contribution in [2.24, 2.45) is 0 Å². The number of non-ortho nitro benzene ring substituents is 1. The molecule has 3 rings (SSSR count). The molecular weight excluding hydrogens is 301 g/mol. The molecule has 0 unspecified atom stereocenters. The first-order chi connectivity index (χ1) is 11.1. The lowest BCUT2D eigenvalue weighted by Gasteiger charge is -2.08. The molecule has 0 saturated carbocycles. The van der Waals surface area contributed by atoms with E-state index in [0.29, 0.717) is 23.6 Å². The molecule has 0 aliphatic heterocycles. The summed E-state index contributed by atoms with van der Waals surface area (Å²) in [5, 5.41) is 10.6. The van der Waals surface area contributed by atoms with Gasteiger partial charge in [-0.1, -0.05) is 6.07 Å². The number of aromatic nitrogens is 2. The Morgan fingerprint density at radius 3 is 2.65 bits per heavy atom. The number of nitro benzene ring substituents is 1. The minimum atomic E-state index is -0.469. The highest BCUT2D eigenvalue weighted by molar-refractivity contribution is 5.76. The van der Waals surface area contributed by atoms with Gasteiger partial charge < -0.3 is 9.30 Å². The van der Waals surface area contributed by atoms with Crippen LogP contribution >= 0.6 is 0 Å². The van der Waals surface area contributed by atoms with E-state index in [4.69, 9.17) is 4.74 Å². The number of nitrogens with zero attached hydrogens (tertiary/aromatic N) is 3. The number of hydrogen-bond acceptors (Lipinski definition) is 4. The van der Waals surface area contributed by atoms with E-state index in [1.807, 2.05) is 17.6 Å². The smallest absolute Gasteiger partial charge is 0.269 e. The molecule has 2 aromatic carbocycles. The first kappa shape index (κ1) is 15.0. The van der Waals surface area contributed by atoms with Crippen molar-refractivity contribution >= 4 is 16.7 Å². The molecule has 1 heterocycles. The average Bonchev–Trinajstić information content (AvgIpc) is 2.92. The summed E-state index contributed by atoms with van der Waals surface area (Å²) in [6.45, 7) is 2.74. The highest BCUT2D eigenvalue weighted by Crippen LogP contribution is 2.22. The maximum absolute atomic E-state index is 13.8. The SMILES string of the molecule is CCn1c(COc2ccc([N+](=O)[O-])cc2)nc2c(F)cccc21. The van der Waals surface area contributed by atoms with Gasteiger partial charge in [0.15, 0.2) is 5.82 Å². The number of para-hydroxylation sites is 1. The van der Waals surface area contributed by atoms with Gasteiger partial charge in [-0.05, 0) is 31.2 Å². The Bertz CT molecular complexity index is 859. The van der Waals surface area contributed by atoms with E-state index in [0.717, 1.165) is 5.52 Å². The number of rotatable bonds is 5. The van der Waals surface area contributed by atoms with Crippen molar-refractivity contribution in [3.63, 3.8) is 0 Å². The van der Waals surface area contributed by atoms with Gasteiger partial charge in [0.1, 0.15) is 23.7 Å². The lowest BCUT2D eigenvalue weighted by atomic mass is 10.3. The van der Waals surface area contributed by atoms with E-state index in [2.05, 4.69) is 4.98 Å². The lowest BCUT2D eigenvalue weighted by molar-refractivity contribution is -0.384. The Morgan fingerprint density at radius 1 is 1.26 bits per heavy atom. The number of fused-ring (bicyclic) bond motifs is 1. The summed E-state index contributed by atoms with van der Waals surface area (Å²) in [4.78, 5) is 14.5. The zero-order valence-corrected chi connectivity index (χ0v) is 12.4. The molecule has 23 heavy (non-hydrogen) atoms. The Balaban J connectivity index is 1.84. The molecule has 0 bridgehead atoms. The van der Waals surface area contributed by atoms with Crippen LogP contribution in [0.15, 0.2) is 42.5 Å². The summed E-state index contributed by atoms with van der Waals surface area (Å²) in [6.07, 6.45) is 0. The van der Waals surface area contributed by atoms with Crippen molar-refractivity contribution in [3.8, 4) is 5.75 Å². The predicted octanol–water partition coefficient (Wildman–Crippen LogP) is 3.68. The molecule has 1 aromatic heterocycles. The summed E-state index contributed by atoms with van der Waals surface area (Å²) >= 11 is 0. The fourth-order valence-electron chi connectivity index (χ4n) is 2.44. The third-order valence-corrected chi connectivity index (χ3v) is 3.54. The summed E-state index contributed by atoms with van der Waals surface area (Å²) in [6, 6.07) is 10.6. The summed E-state index contributed by atoms with van der Waals surface area (Å²) in [5.74, 6) is 0.725. The summed E-state index contributed by atoms with van der Waals surface area (Å²) < 4.78 is 21.3. The number of ether oxygens (including phenoxy) is 1. The highest BCUT2D eigenvalue weighted by atomic mass is 19.1. The normalized spacial score (nSPS) is 10.9. The van der Waals surface area contributed by atoms with E-state index in [1.54, 1.807) is 6.07 Å². The van der Waals surface area contributed by atoms with Gasteiger partial charge in [0.25, 0.3) is 5.69 Å². The highest BCUT2D eigenvalue weighted by Gasteiger charge is 2.13. The molecule has 0 radical (unpaired) electrons. The van der Waals surface area contributed by atoms with Crippen LogP contribution in [0.5, 0.6) is 5.75 Å². The second-order valence-corrected chi connectivity index (χ2v) is 4.92. The zero-order valence-electron chi connectivity index (χ0n) is 12.4. The van der Waals surface area contributed by atoms with Crippen LogP contribution in [0.1, 0.15) is 12.7 Å². The van der Waals surface area contributed by atoms with E-state index in [1.165, 1.54) is 30.3 Å². The van der Waals surface area contributed by atoms with Crippen LogP contribution in [0.4, 0.5) is 10.1 Å². The summed E-state index contributed by atoms with van der Waals surface area (Å²) in [5.41, 5.74) is 1.03. The minimum Gasteiger partial charge on any atom is -0.486 e. The zero-order chi connectivity index (χ0) is 16.4. The fraction of sp³-hybridized carbons (Fsp3) is 0.188. The molecule has 118 valence electrons. The first-order valence-electron chi connectivity index (χ1n) is 7.11. The molecule has 7 heteroatoms. The van der Waals surface area contributed by atoms with Gasteiger partial charge in [0, 0.05) is 18.7 Å². The first-order valence-corrected chi connectivity index (χ1v) is 7.11. The topological polar surface area (TPSA) is 70.2 Å². The molecule has 0 N–H and O–H groups in total. The van der Waals surface area contributed by atoms with Crippen LogP contribution in [0.3, 0.4) is 0 Å². The van der Waals surface area contributed by atoms with Crippen molar-refractivity contribution in [1.82, 2.24) is 9.55 Å². The predicted molar refractivity (Wildman–Crippen MR) is 82.8 cm³/mol. The second-order valence-electron chi connectivity index (χ2n) is 4.92. The van der Waals surface area contributed by atoms with Crippen molar-refractivity contribution in [1.29, 1.82) is 0 Å². The van der Waals surface area contributed by atoms with Crippen LogP contribution in [0.25, 0.3) is 11.0 Å². The molecule has 0 atom stereocenters. The minimum absolute atomic E-state index is 0.000202. The number of imidazole rings is 1. The van der Waals surface area contributed by atoms with E-state index < -0.39 is 4.92 Å². The molecular formula is C16H14FN3O3. The van der Waals surface area contributed by atoms with Crippen LogP contribution in [0, 0.1) is 15.9 Å². The van der Waals surface area contributed by atoms with Crippen LogP contribution in [-0.4, -0.2) is 14.5 Å². The van der Waals surface area contributed by atoms with Gasteiger partial charge in [-0.25, -0.2) is 9.37 Å². The molecule has 0 amide bonds. The van der Waals surface area contributed by atoms with Crippen molar-refractivity contribution in [3.05, 3.63) is 64.2 Å². The van der Waals surface area contributed by atoms with Gasteiger partial charge in [0.05, 0.1) is 10.4 Å². The standard InChI is InChI=1S/C16H14FN3O3/c1-2-19-14-5-3-4-13(17)16(14)18-15(19)10-23-12-8-6-11(7-9-12)20(21)22/h3-9H,2,10H2,1H3. The molecule has 0 aliphatic carbocycles. The molecule has 3 aromatic rings. The Morgan fingerprint density at radius 2 is 2.00 bits per heavy atom. The average molecular weight is 315 g/mol. The van der Waals surface area contributed by atoms with E-state index >= 15 is 0 Å². The maximum Gasteiger partial charge on any atom is 0.269 e. The van der Waals surface area contributed by atoms with Crippen LogP contribution < -0.4 is 4.74 Å². The largest absolute Gasteiger partial charge is 0.486 e. The molecule has 0 spiro atoms. The third-order valence-electron chi connectivity index (χ3n) is 3.54. The number of hydrogen-bond donors (Lipinski definition) is 0. The third kappa shape index (κ3) is 2.85. The van der Waals surface area contributed by atoms with E-state index in [-0.39, 0.29) is 18.1 Å². The van der Waals surface area contributed by atoms with Gasteiger partial charge in [0.2, 0.25) is 0 Å². The Kier molecular flexibility index (Phi) is 3.92. The monoisotopic (exact) mass is 315 g/mol. The maximum atomic E-state index is 13.8. The van der Waals surface area contributed by atoms with E-state index in [9.17, 15) is 14.5 Å². The number of nitro groups is 1. The number of halogens is 1. The summed E-state index contributed by atoms with van der Waals surface area (Å²) in [7, 11) is 0. The lowest BCUT2D eigenvalue weighted by Crippen LogP contribution is -2.06. The Hall–Kier alpha value is -2.96. The molecule has 0 fully saturated rings. The fourth-order valence-corrected chi connectivity index (χ4v) is 2.44. The van der Waals surface area contributed by atoms with Gasteiger partial charge in [-0.15, -0.1) is 0 Å². The van der Waals surface area contributed by atoms with Crippen LogP contribution in [-0.2, 0) is 13.2 Å². The molecule has 0 aliphatic rings. The van der Waals surface area contributed by atoms with Crippen molar-refractivity contribution in [2.45, 2.75) is 20.1 Å². The Labute approximate surface area is 131 Å². The molecule has 0 saturated heterocycles. The number of aryl methyl sites for hydroxylation is 1. The molecule has 6 nitrogen and oxygen atoms in total. The number of benzene rings is 2. The van der Waals surface area contributed by atoms with Crippen molar-refractivity contribution in [2.75, 3.05) is 0 Å². The second kappa shape index (κ2) is 6.04. The van der Waals surface area contributed by atoms with Gasteiger partial charge in [-0.3, -0.25) is 10.1 Å². The van der Waals surface area contributed by atoms with Crippen LogP contribution in [0.2, 0.25) is 0 Å².